The van der Waals surface area contributed by atoms with Gasteiger partial charge >= 0.3 is 0 Å². The average molecular weight is 166 g/mol. The zero-order valence-electron chi connectivity index (χ0n) is 5.53. The number of halogens is 1. The van der Waals surface area contributed by atoms with Crippen molar-refractivity contribution in [3.63, 3.8) is 0 Å². The summed E-state index contributed by atoms with van der Waals surface area (Å²) in [5.74, 6) is 0. The van der Waals surface area contributed by atoms with Gasteiger partial charge in [-0.25, -0.2) is 15.0 Å². The summed E-state index contributed by atoms with van der Waals surface area (Å²) in [7, 11) is 0. The zero-order chi connectivity index (χ0) is 7.68. The van der Waals surface area contributed by atoms with Crippen LogP contribution >= 0.6 is 11.6 Å². The van der Waals surface area contributed by atoms with E-state index < -0.39 is 0 Å². The van der Waals surface area contributed by atoms with E-state index in [0.717, 1.165) is 5.52 Å². The monoisotopic (exact) mass is 165 g/mol. The number of rotatable bonds is 0. The highest BCUT2D eigenvalue weighted by molar-refractivity contribution is 6.29. The molecule has 0 unspecified atom stereocenters. The highest BCUT2D eigenvalue weighted by atomic mass is 35.5. The van der Waals surface area contributed by atoms with Crippen LogP contribution in [0.15, 0.2) is 24.5 Å². The van der Waals surface area contributed by atoms with Crippen LogP contribution in [-0.4, -0.2) is 15.0 Å². The van der Waals surface area contributed by atoms with E-state index >= 15 is 0 Å². The summed E-state index contributed by atoms with van der Waals surface area (Å²) < 4.78 is 0. The van der Waals surface area contributed by atoms with Gasteiger partial charge in [-0.1, -0.05) is 11.6 Å². The van der Waals surface area contributed by atoms with Crippen molar-refractivity contribution in [1.29, 1.82) is 0 Å². The number of fused-ring (bicyclic) bond motifs is 1. The van der Waals surface area contributed by atoms with Crippen LogP contribution in [0.4, 0.5) is 0 Å². The van der Waals surface area contributed by atoms with Crippen LogP contribution in [0.5, 0.6) is 0 Å². The van der Waals surface area contributed by atoms with Crippen molar-refractivity contribution in [3.05, 3.63) is 29.7 Å². The lowest BCUT2D eigenvalue weighted by atomic mass is 10.4. The quantitative estimate of drug-likeness (QED) is 0.596. The lowest BCUT2D eigenvalue weighted by Gasteiger charge is -1.92. The molecule has 0 aliphatic rings. The van der Waals surface area contributed by atoms with Gasteiger partial charge in [0.25, 0.3) is 0 Å². The molecule has 0 fully saturated rings. The van der Waals surface area contributed by atoms with Crippen molar-refractivity contribution in [2.75, 3.05) is 0 Å². The molecule has 3 nitrogen and oxygen atoms in total. The van der Waals surface area contributed by atoms with E-state index in [2.05, 4.69) is 15.0 Å². The molecule has 2 aromatic rings. The topological polar surface area (TPSA) is 38.7 Å². The van der Waals surface area contributed by atoms with Gasteiger partial charge in [-0.3, -0.25) is 0 Å². The summed E-state index contributed by atoms with van der Waals surface area (Å²) in [6, 6.07) is 3.62. The Kier molecular flexibility index (Phi) is 1.43. The van der Waals surface area contributed by atoms with Gasteiger partial charge in [-0.2, -0.15) is 0 Å². The maximum atomic E-state index is 5.62. The van der Waals surface area contributed by atoms with Crippen molar-refractivity contribution in [2.24, 2.45) is 0 Å². The lowest BCUT2D eigenvalue weighted by molar-refractivity contribution is 1.22. The van der Waals surface area contributed by atoms with E-state index in [4.69, 9.17) is 11.6 Å². The molecule has 0 saturated carbocycles. The third kappa shape index (κ3) is 1.14. The Morgan fingerprint density at radius 1 is 1.27 bits per heavy atom. The van der Waals surface area contributed by atoms with E-state index in [0.29, 0.717) is 10.8 Å². The van der Waals surface area contributed by atoms with Crippen molar-refractivity contribution in [2.45, 2.75) is 0 Å². The minimum absolute atomic E-state index is 0.394. The molecule has 0 aromatic carbocycles. The number of nitrogens with zero attached hydrogens (tertiary/aromatic N) is 3. The van der Waals surface area contributed by atoms with E-state index in [1.807, 2.05) is 6.07 Å². The van der Waals surface area contributed by atoms with Gasteiger partial charge < -0.3 is 0 Å². The fourth-order valence-corrected chi connectivity index (χ4v) is 0.973. The molecule has 4 heteroatoms. The third-order valence-electron chi connectivity index (χ3n) is 1.29. The number of pyridine rings is 1. The van der Waals surface area contributed by atoms with Crippen molar-refractivity contribution >= 4 is 22.8 Å². The molecule has 0 amide bonds. The summed E-state index contributed by atoms with van der Waals surface area (Å²) in [5, 5.41) is 0.394. The zero-order valence-corrected chi connectivity index (χ0v) is 6.28. The van der Waals surface area contributed by atoms with Crippen LogP contribution in [0, 0.1) is 0 Å². The Morgan fingerprint density at radius 3 is 3.09 bits per heavy atom. The predicted octanol–water partition coefficient (Wildman–Crippen LogP) is 1.68. The second-order valence-corrected chi connectivity index (χ2v) is 2.43. The Bertz CT molecular complexity index is 388. The summed E-state index contributed by atoms with van der Waals surface area (Å²) in [6.07, 6.45) is 3.15. The van der Waals surface area contributed by atoms with Crippen LogP contribution < -0.4 is 0 Å². The van der Waals surface area contributed by atoms with Gasteiger partial charge in [0.2, 0.25) is 0 Å². The Hall–Kier alpha value is -1.22. The largest absolute Gasteiger partial charge is 0.235 e. The van der Waals surface area contributed by atoms with Crippen molar-refractivity contribution in [1.82, 2.24) is 15.0 Å². The first-order valence-corrected chi connectivity index (χ1v) is 3.47. The van der Waals surface area contributed by atoms with Crippen molar-refractivity contribution in [3.8, 4) is 0 Å². The lowest BCUT2D eigenvalue weighted by Crippen LogP contribution is -1.85. The predicted molar refractivity (Wildman–Crippen MR) is 42.3 cm³/mol. The Labute approximate surface area is 68.1 Å². The highest BCUT2D eigenvalue weighted by Gasteiger charge is 1.95. The molecule has 54 valence electrons. The highest BCUT2D eigenvalue weighted by Crippen LogP contribution is 2.08. The van der Waals surface area contributed by atoms with Crippen LogP contribution in [0.2, 0.25) is 5.15 Å². The average Bonchev–Trinajstić information content (AvgIpc) is 2.04. The van der Waals surface area contributed by atoms with Gasteiger partial charge in [0.15, 0.2) is 5.65 Å². The first-order chi connectivity index (χ1) is 5.36. The molecule has 0 bridgehead atoms. The molecule has 0 saturated heterocycles. The molecule has 11 heavy (non-hydrogen) atoms. The van der Waals surface area contributed by atoms with Crippen molar-refractivity contribution < 1.29 is 0 Å². The van der Waals surface area contributed by atoms with E-state index in [1.165, 1.54) is 6.20 Å². The minimum Gasteiger partial charge on any atom is -0.235 e. The molecular weight excluding hydrogens is 162 g/mol. The Morgan fingerprint density at radius 2 is 2.18 bits per heavy atom. The molecule has 2 aromatic heterocycles. The normalized spacial score (nSPS) is 10.3. The van der Waals surface area contributed by atoms with E-state index in [9.17, 15) is 0 Å². The summed E-state index contributed by atoms with van der Waals surface area (Å²) >= 11 is 5.62. The fraction of sp³-hybridized carbons (Fsp3) is 0. The van der Waals surface area contributed by atoms with Gasteiger partial charge in [0.1, 0.15) is 10.7 Å². The fourth-order valence-electron chi connectivity index (χ4n) is 0.834. The maximum absolute atomic E-state index is 5.62. The first kappa shape index (κ1) is 6.49. The van der Waals surface area contributed by atoms with Gasteiger partial charge in [-0.05, 0) is 12.1 Å². The number of aromatic nitrogens is 3. The SMILES string of the molecule is Clc1cnc2ncccc2n1. The minimum atomic E-state index is 0.394. The van der Waals surface area contributed by atoms with Crippen LogP contribution in [0.1, 0.15) is 0 Å². The molecule has 0 atom stereocenters. The van der Waals surface area contributed by atoms with Crippen LogP contribution in [0.25, 0.3) is 11.2 Å². The maximum Gasteiger partial charge on any atom is 0.178 e. The second kappa shape index (κ2) is 2.43. The number of hydrogen-bond donors (Lipinski definition) is 0. The molecule has 0 radical (unpaired) electrons. The molecule has 0 aliphatic carbocycles. The summed E-state index contributed by atoms with van der Waals surface area (Å²) in [6.45, 7) is 0. The standard InChI is InChI=1S/C7H4ClN3/c8-6-4-10-7-5(11-6)2-1-3-9-7/h1-4H. The summed E-state index contributed by atoms with van der Waals surface area (Å²) in [5.41, 5.74) is 1.34. The molecule has 0 N–H and O–H groups in total. The first-order valence-electron chi connectivity index (χ1n) is 3.09. The third-order valence-corrected chi connectivity index (χ3v) is 1.47. The molecular formula is C7H4ClN3. The van der Waals surface area contributed by atoms with Gasteiger partial charge in [0, 0.05) is 6.20 Å². The summed E-state index contributed by atoms with van der Waals surface area (Å²) in [4.78, 5) is 12.0. The molecule has 2 heterocycles. The molecule has 0 spiro atoms. The smallest absolute Gasteiger partial charge is 0.178 e. The second-order valence-electron chi connectivity index (χ2n) is 2.04. The van der Waals surface area contributed by atoms with E-state index in [-0.39, 0.29) is 0 Å². The van der Waals surface area contributed by atoms with Crippen LogP contribution in [0.3, 0.4) is 0 Å². The van der Waals surface area contributed by atoms with E-state index in [1.54, 1.807) is 12.3 Å². The molecule has 2 rings (SSSR count). The molecule has 0 aliphatic heterocycles. The van der Waals surface area contributed by atoms with Crippen LogP contribution in [-0.2, 0) is 0 Å². The number of hydrogen-bond acceptors (Lipinski definition) is 3. The Balaban J connectivity index is 2.83. The van der Waals surface area contributed by atoms with Gasteiger partial charge in [-0.15, -0.1) is 0 Å². The van der Waals surface area contributed by atoms with Gasteiger partial charge in [0.05, 0.1) is 6.20 Å².